The summed E-state index contributed by atoms with van der Waals surface area (Å²) < 4.78 is 2.36. The van der Waals surface area contributed by atoms with E-state index in [1.807, 2.05) is 0 Å². The summed E-state index contributed by atoms with van der Waals surface area (Å²) in [5.41, 5.74) is 4.11. The highest BCUT2D eigenvalue weighted by atomic mass is 35.5. The maximum Gasteiger partial charge on any atom is 0.157 e. The van der Waals surface area contributed by atoms with Gasteiger partial charge in [-0.15, -0.1) is 0 Å². The minimum atomic E-state index is 0.506. The predicted octanol–water partition coefficient (Wildman–Crippen LogP) is 3.36. The summed E-state index contributed by atoms with van der Waals surface area (Å²) in [6.07, 6.45) is 0.890. The van der Waals surface area contributed by atoms with Gasteiger partial charge >= 0.3 is 0 Å². The smallest absolute Gasteiger partial charge is 0.157 e. The molecule has 0 aliphatic carbocycles. The second-order valence-corrected chi connectivity index (χ2v) is 7.66. The molecule has 0 unspecified atom stereocenters. The Morgan fingerprint density at radius 2 is 1.85 bits per heavy atom. The molecule has 0 spiro atoms. The summed E-state index contributed by atoms with van der Waals surface area (Å²) in [5, 5.41) is 1.65. The number of halogens is 1. The molecule has 0 N–H and O–H groups in total. The van der Waals surface area contributed by atoms with E-state index in [4.69, 9.17) is 16.6 Å². The Labute approximate surface area is 159 Å². The SMILES string of the molecule is CCc1nc2c(Cl)nc3cc(C)ccc3c2n1CCN1CCN(C)CC1. The fourth-order valence-corrected chi connectivity index (χ4v) is 4.06. The van der Waals surface area contributed by atoms with Crippen molar-refractivity contribution in [3.05, 3.63) is 34.7 Å². The van der Waals surface area contributed by atoms with Crippen molar-refractivity contribution in [3.8, 4) is 0 Å². The average molecular weight is 372 g/mol. The Balaban J connectivity index is 1.75. The van der Waals surface area contributed by atoms with Crippen LogP contribution in [-0.2, 0) is 13.0 Å². The summed E-state index contributed by atoms with van der Waals surface area (Å²) in [5.74, 6) is 1.09. The normalized spacial score (nSPS) is 16.8. The number of piperazine rings is 1. The van der Waals surface area contributed by atoms with Crippen molar-refractivity contribution in [1.29, 1.82) is 0 Å². The molecule has 3 heterocycles. The van der Waals surface area contributed by atoms with Gasteiger partial charge in [0, 0.05) is 51.1 Å². The van der Waals surface area contributed by atoms with Crippen molar-refractivity contribution in [3.63, 3.8) is 0 Å². The molecule has 5 nitrogen and oxygen atoms in total. The third kappa shape index (κ3) is 3.20. The van der Waals surface area contributed by atoms with E-state index in [9.17, 15) is 0 Å². The van der Waals surface area contributed by atoms with Gasteiger partial charge in [-0.25, -0.2) is 9.97 Å². The van der Waals surface area contributed by atoms with Crippen molar-refractivity contribution >= 4 is 33.5 Å². The van der Waals surface area contributed by atoms with Crippen molar-refractivity contribution in [2.75, 3.05) is 39.8 Å². The van der Waals surface area contributed by atoms with Gasteiger partial charge in [0.05, 0.1) is 11.0 Å². The van der Waals surface area contributed by atoms with Crippen LogP contribution in [0.5, 0.6) is 0 Å². The third-order valence-corrected chi connectivity index (χ3v) is 5.68. The quantitative estimate of drug-likeness (QED) is 0.659. The fraction of sp³-hybridized carbons (Fsp3) is 0.500. The van der Waals surface area contributed by atoms with E-state index in [0.717, 1.165) is 73.5 Å². The number of likely N-dealkylation sites (N-methyl/N-ethyl adjacent to an activating group) is 1. The van der Waals surface area contributed by atoms with Gasteiger partial charge in [0.25, 0.3) is 0 Å². The number of hydrogen-bond acceptors (Lipinski definition) is 4. The zero-order chi connectivity index (χ0) is 18.3. The summed E-state index contributed by atoms with van der Waals surface area (Å²) in [7, 11) is 2.19. The van der Waals surface area contributed by atoms with Crippen LogP contribution in [0, 0.1) is 6.92 Å². The van der Waals surface area contributed by atoms with Gasteiger partial charge in [0.2, 0.25) is 0 Å². The lowest BCUT2D eigenvalue weighted by Crippen LogP contribution is -2.45. The lowest BCUT2D eigenvalue weighted by atomic mass is 10.1. The lowest BCUT2D eigenvalue weighted by Gasteiger charge is -2.32. The Hall–Kier alpha value is -1.69. The van der Waals surface area contributed by atoms with E-state index >= 15 is 0 Å². The van der Waals surface area contributed by atoms with Gasteiger partial charge in [-0.3, -0.25) is 4.90 Å². The van der Waals surface area contributed by atoms with E-state index < -0.39 is 0 Å². The van der Waals surface area contributed by atoms with Crippen LogP contribution in [0.15, 0.2) is 18.2 Å². The number of benzene rings is 1. The van der Waals surface area contributed by atoms with E-state index in [2.05, 4.69) is 58.4 Å². The molecule has 1 aliphatic heterocycles. The largest absolute Gasteiger partial charge is 0.326 e. The van der Waals surface area contributed by atoms with Gasteiger partial charge in [-0.2, -0.15) is 0 Å². The lowest BCUT2D eigenvalue weighted by molar-refractivity contribution is 0.150. The first-order chi connectivity index (χ1) is 12.6. The molecular formula is C20H26ClN5. The first kappa shape index (κ1) is 17.7. The monoisotopic (exact) mass is 371 g/mol. The Bertz CT molecular complexity index is 940. The molecule has 0 atom stereocenters. The van der Waals surface area contributed by atoms with Crippen LogP contribution in [0.1, 0.15) is 18.3 Å². The second kappa shape index (κ2) is 7.14. The molecular weight excluding hydrogens is 346 g/mol. The van der Waals surface area contributed by atoms with E-state index in [1.165, 1.54) is 5.56 Å². The molecule has 0 radical (unpaired) electrons. The number of pyridine rings is 1. The molecule has 1 fully saturated rings. The molecule has 1 aliphatic rings. The summed E-state index contributed by atoms with van der Waals surface area (Å²) in [4.78, 5) is 14.3. The van der Waals surface area contributed by atoms with Crippen molar-refractivity contribution in [1.82, 2.24) is 24.3 Å². The van der Waals surface area contributed by atoms with E-state index in [1.54, 1.807) is 0 Å². The van der Waals surface area contributed by atoms with E-state index in [-0.39, 0.29) is 0 Å². The Morgan fingerprint density at radius 1 is 1.08 bits per heavy atom. The third-order valence-electron chi connectivity index (χ3n) is 5.42. The van der Waals surface area contributed by atoms with E-state index in [0.29, 0.717) is 5.15 Å². The molecule has 138 valence electrons. The minimum Gasteiger partial charge on any atom is -0.326 e. The van der Waals surface area contributed by atoms with Crippen LogP contribution in [0.25, 0.3) is 21.9 Å². The van der Waals surface area contributed by atoms with Crippen LogP contribution >= 0.6 is 11.6 Å². The molecule has 0 bridgehead atoms. The van der Waals surface area contributed by atoms with Crippen LogP contribution in [-0.4, -0.2) is 64.1 Å². The molecule has 0 amide bonds. The molecule has 4 rings (SSSR count). The van der Waals surface area contributed by atoms with Crippen molar-refractivity contribution in [2.45, 2.75) is 26.8 Å². The van der Waals surface area contributed by atoms with Gasteiger partial charge in [0.1, 0.15) is 11.3 Å². The Kier molecular flexibility index (Phi) is 4.86. The number of rotatable bonds is 4. The van der Waals surface area contributed by atoms with Crippen LogP contribution in [0.3, 0.4) is 0 Å². The number of aryl methyl sites for hydroxylation is 2. The summed E-state index contributed by atoms with van der Waals surface area (Å²) in [6.45, 7) is 10.8. The molecule has 2 aromatic heterocycles. The molecule has 1 saturated heterocycles. The van der Waals surface area contributed by atoms with Crippen LogP contribution < -0.4 is 0 Å². The summed E-state index contributed by atoms with van der Waals surface area (Å²) in [6, 6.07) is 6.40. The number of hydrogen-bond donors (Lipinski definition) is 0. The van der Waals surface area contributed by atoms with Crippen LogP contribution in [0.2, 0.25) is 5.15 Å². The average Bonchev–Trinajstić information content (AvgIpc) is 3.00. The number of fused-ring (bicyclic) bond motifs is 3. The summed E-state index contributed by atoms with van der Waals surface area (Å²) >= 11 is 6.49. The molecule has 6 heteroatoms. The number of nitrogens with zero attached hydrogens (tertiary/aromatic N) is 5. The molecule has 26 heavy (non-hydrogen) atoms. The highest BCUT2D eigenvalue weighted by Gasteiger charge is 2.19. The molecule has 3 aromatic rings. The zero-order valence-corrected chi connectivity index (χ0v) is 16.6. The van der Waals surface area contributed by atoms with Gasteiger partial charge in [0.15, 0.2) is 5.15 Å². The predicted molar refractivity (Wildman–Crippen MR) is 108 cm³/mol. The first-order valence-corrected chi connectivity index (χ1v) is 9.80. The maximum absolute atomic E-state index is 6.49. The standard InChI is InChI=1S/C20H26ClN5/c1-4-17-23-18-19(15-6-5-14(2)13-16(15)22-20(18)21)26(17)12-11-25-9-7-24(3)8-10-25/h5-6,13H,4,7-12H2,1-3H3. The number of imidazole rings is 1. The van der Waals surface area contributed by atoms with Crippen molar-refractivity contribution < 1.29 is 0 Å². The molecule has 0 saturated carbocycles. The second-order valence-electron chi connectivity index (χ2n) is 7.30. The number of aromatic nitrogens is 3. The van der Waals surface area contributed by atoms with Crippen LogP contribution in [0.4, 0.5) is 0 Å². The van der Waals surface area contributed by atoms with Gasteiger partial charge in [-0.05, 0) is 25.6 Å². The zero-order valence-electron chi connectivity index (χ0n) is 15.8. The highest BCUT2D eigenvalue weighted by Crippen LogP contribution is 2.30. The van der Waals surface area contributed by atoms with Crippen molar-refractivity contribution in [2.24, 2.45) is 0 Å². The highest BCUT2D eigenvalue weighted by molar-refractivity contribution is 6.35. The maximum atomic E-state index is 6.49. The van der Waals surface area contributed by atoms with Gasteiger partial charge in [-0.1, -0.05) is 30.7 Å². The minimum absolute atomic E-state index is 0.506. The fourth-order valence-electron chi connectivity index (χ4n) is 3.83. The topological polar surface area (TPSA) is 37.2 Å². The van der Waals surface area contributed by atoms with Gasteiger partial charge < -0.3 is 9.47 Å². The first-order valence-electron chi connectivity index (χ1n) is 9.42. The molecule has 1 aromatic carbocycles. The Morgan fingerprint density at radius 3 is 2.58 bits per heavy atom.